The van der Waals surface area contributed by atoms with Gasteiger partial charge in [-0.05, 0) is 58.5 Å². The molecule has 21 heavy (non-hydrogen) atoms. The van der Waals surface area contributed by atoms with Crippen LogP contribution in [-0.2, 0) is 0 Å². The van der Waals surface area contributed by atoms with Crippen molar-refractivity contribution in [3.05, 3.63) is 23.7 Å². The summed E-state index contributed by atoms with van der Waals surface area (Å²) in [6, 6.07) is 5.05. The Morgan fingerprint density at radius 1 is 1.43 bits per heavy atom. The molecule has 2 heterocycles. The van der Waals surface area contributed by atoms with Crippen molar-refractivity contribution in [3.63, 3.8) is 0 Å². The molecule has 0 bridgehead atoms. The van der Waals surface area contributed by atoms with E-state index in [2.05, 4.69) is 36.8 Å². The van der Waals surface area contributed by atoms with Gasteiger partial charge in [0.15, 0.2) is 0 Å². The fraction of sp³-hybridized carbons (Fsp3) is 0.765. The summed E-state index contributed by atoms with van der Waals surface area (Å²) in [6.07, 6.45) is 3.57. The summed E-state index contributed by atoms with van der Waals surface area (Å²) in [6.45, 7) is 9.83. The van der Waals surface area contributed by atoms with E-state index in [4.69, 9.17) is 10.2 Å². The normalized spacial score (nSPS) is 22.9. The number of rotatable bonds is 7. The monoisotopic (exact) mass is 293 g/mol. The van der Waals surface area contributed by atoms with Crippen molar-refractivity contribution in [1.82, 2.24) is 9.80 Å². The molecular weight excluding hydrogens is 262 g/mol. The Morgan fingerprint density at radius 3 is 2.76 bits per heavy atom. The summed E-state index contributed by atoms with van der Waals surface area (Å²) in [5.74, 6) is 1.97. The lowest BCUT2D eigenvalue weighted by atomic mass is 10.0. The van der Waals surface area contributed by atoms with Crippen LogP contribution in [0, 0.1) is 6.92 Å². The van der Waals surface area contributed by atoms with Gasteiger partial charge < -0.3 is 10.2 Å². The van der Waals surface area contributed by atoms with Gasteiger partial charge in [-0.3, -0.25) is 9.80 Å². The topological polar surface area (TPSA) is 45.6 Å². The molecule has 4 heteroatoms. The molecule has 0 aromatic carbocycles. The van der Waals surface area contributed by atoms with Gasteiger partial charge in [0, 0.05) is 18.6 Å². The lowest BCUT2D eigenvalue weighted by Crippen LogP contribution is -2.45. The van der Waals surface area contributed by atoms with Crippen LogP contribution in [0.4, 0.5) is 0 Å². The van der Waals surface area contributed by atoms with Crippen molar-refractivity contribution in [2.24, 2.45) is 5.73 Å². The maximum atomic E-state index is 6.39. The molecule has 0 radical (unpaired) electrons. The highest BCUT2D eigenvalue weighted by atomic mass is 16.3. The maximum absolute atomic E-state index is 6.39. The molecule has 120 valence electrons. The van der Waals surface area contributed by atoms with Crippen LogP contribution in [0.3, 0.4) is 0 Å². The third kappa shape index (κ3) is 3.87. The average Bonchev–Trinajstić information content (AvgIpc) is 3.08. The summed E-state index contributed by atoms with van der Waals surface area (Å²) < 4.78 is 5.87. The van der Waals surface area contributed by atoms with Crippen LogP contribution in [0.2, 0.25) is 0 Å². The third-order valence-corrected chi connectivity index (χ3v) is 4.81. The number of aryl methyl sites for hydroxylation is 1. The van der Waals surface area contributed by atoms with Gasteiger partial charge in [-0.2, -0.15) is 0 Å². The van der Waals surface area contributed by atoms with Crippen molar-refractivity contribution >= 4 is 0 Å². The van der Waals surface area contributed by atoms with E-state index in [1.54, 1.807) is 0 Å². The summed E-state index contributed by atoms with van der Waals surface area (Å²) in [7, 11) is 2.18. The molecule has 2 rings (SSSR count). The van der Waals surface area contributed by atoms with E-state index in [1.807, 2.05) is 13.0 Å². The zero-order valence-corrected chi connectivity index (χ0v) is 14.0. The fourth-order valence-corrected chi connectivity index (χ4v) is 3.55. The van der Waals surface area contributed by atoms with Crippen LogP contribution in [0.25, 0.3) is 0 Å². The molecule has 1 saturated heterocycles. The van der Waals surface area contributed by atoms with E-state index in [0.717, 1.165) is 31.0 Å². The largest absolute Gasteiger partial charge is 0.465 e. The van der Waals surface area contributed by atoms with Gasteiger partial charge >= 0.3 is 0 Å². The van der Waals surface area contributed by atoms with E-state index in [-0.39, 0.29) is 12.1 Å². The molecule has 0 saturated carbocycles. The summed E-state index contributed by atoms with van der Waals surface area (Å²) in [5, 5.41) is 0. The van der Waals surface area contributed by atoms with Crippen LogP contribution in [0.15, 0.2) is 16.5 Å². The minimum atomic E-state index is 0.108. The average molecular weight is 293 g/mol. The lowest BCUT2D eigenvalue weighted by molar-refractivity contribution is 0.133. The molecule has 0 amide bonds. The highest BCUT2D eigenvalue weighted by molar-refractivity contribution is 5.12. The molecular formula is C17H31N3O. The molecule has 1 aliphatic rings. The number of likely N-dealkylation sites (N-methyl/N-ethyl adjacent to an activating group) is 2. The Morgan fingerprint density at radius 2 is 2.19 bits per heavy atom. The van der Waals surface area contributed by atoms with Crippen LogP contribution in [0.5, 0.6) is 0 Å². The highest BCUT2D eigenvalue weighted by Crippen LogP contribution is 2.28. The molecule has 1 aromatic heterocycles. The first-order chi connectivity index (χ1) is 10.1. The minimum absolute atomic E-state index is 0.108. The van der Waals surface area contributed by atoms with Gasteiger partial charge in [0.1, 0.15) is 11.5 Å². The van der Waals surface area contributed by atoms with E-state index in [1.165, 1.54) is 19.4 Å². The Labute approximate surface area is 129 Å². The van der Waals surface area contributed by atoms with Crippen LogP contribution in [-0.4, -0.2) is 48.6 Å². The molecule has 0 spiro atoms. The van der Waals surface area contributed by atoms with E-state index < -0.39 is 0 Å². The standard InChI is InChI=1S/C17H31N3O/c1-5-15(18)17(16-10-9-13(3)21-16)19(4)12-14-8-7-11-20(14)6-2/h9-10,14-15,17H,5-8,11-12,18H2,1-4H3. The second-order valence-corrected chi connectivity index (χ2v) is 6.33. The first kappa shape index (κ1) is 16.5. The lowest BCUT2D eigenvalue weighted by Gasteiger charge is -2.34. The van der Waals surface area contributed by atoms with Gasteiger partial charge in [-0.25, -0.2) is 0 Å². The first-order valence-electron chi connectivity index (χ1n) is 8.33. The number of hydrogen-bond donors (Lipinski definition) is 1. The van der Waals surface area contributed by atoms with Gasteiger partial charge in [0.25, 0.3) is 0 Å². The first-order valence-corrected chi connectivity index (χ1v) is 8.33. The second-order valence-electron chi connectivity index (χ2n) is 6.33. The Hall–Kier alpha value is -0.840. The van der Waals surface area contributed by atoms with Crippen LogP contribution >= 0.6 is 0 Å². The fourth-order valence-electron chi connectivity index (χ4n) is 3.55. The SMILES string of the molecule is CCC(N)C(c1ccc(C)o1)N(C)CC1CCCN1CC. The Kier molecular flexibility index (Phi) is 5.85. The van der Waals surface area contributed by atoms with E-state index >= 15 is 0 Å². The van der Waals surface area contributed by atoms with Gasteiger partial charge in [0.05, 0.1) is 6.04 Å². The number of likely N-dealkylation sites (tertiary alicyclic amines) is 1. The molecule has 4 nitrogen and oxygen atoms in total. The van der Waals surface area contributed by atoms with Crippen molar-refractivity contribution in [2.75, 3.05) is 26.7 Å². The Balaban J connectivity index is 2.09. The predicted molar refractivity (Wildman–Crippen MR) is 87.4 cm³/mol. The number of hydrogen-bond acceptors (Lipinski definition) is 4. The van der Waals surface area contributed by atoms with E-state index in [0.29, 0.717) is 6.04 Å². The minimum Gasteiger partial charge on any atom is -0.465 e. The van der Waals surface area contributed by atoms with Gasteiger partial charge in [-0.15, -0.1) is 0 Å². The van der Waals surface area contributed by atoms with Gasteiger partial charge in [0.2, 0.25) is 0 Å². The highest BCUT2D eigenvalue weighted by Gasteiger charge is 2.30. The molecule has 2 N–H and O–H groups in total. The van der Waals surface area contributed by atoms with Crippen molar-refractivity contribution in [3.8, 4) is 0 Å². The molecule has 1 fully saturated rings. The van der Waals surface area contributed by atoms with E-state index in [9.17, 15) is 0 Å². The summed E-state index contributed by atoms with van der Waals surface area (Å²) in [4.78, 5) is 4.98. The predicted octanol–water partition coefficient (Wildman–Crippen LogP) is 2.78. The number of furan rings is 1. The second kappa shape index (κ2) is 7.43. The molecule has 0 aliphatic carbocycles. The zero-order valence-electron chi connectivity index (χ0n) is 14.0. The summed E-state index contributed by atoms with van der Waals surface area (Å²) >= 11 is 0. The van der Waals surface area contributed by atoms with Gasteiger partial charge in [-0.1, -0.05) is 13.8 Å². The van der Waals surface area contributed by atoms with Crippen molar-refractivity contribution in [2.45, 2.75) is 58.2 Å². The Bertz CT molecular complexity index is 431. The van der Waals surface area contributed by atoms with Crippen molar-refractivity contribution < 1.29 is 4.42 Å². The molecule has 3 atom stereocenters. The van der Waals surface area contributed by atoms with Crippen LogP contribution < -0.4 is 5.73 Å². The molecule has 1 aliphatic heterocycles. The van der Waals surface area contributed by atoms with Crippen molar-refractivity contribution in [1.29, 1.82) is 0 Å². The maximum Gasteiger partial charge on any atom is 0.122 e. The van der Waals surface area contributed by atoms with Crippen LogP contribution in [0.1, 0.15) is 50.7 Å². The molecule has 1 aromatic rings. The number of nitrogens with two attached hydrogens (primary N) is 1. The molecule has 3 unspecified atom stereocenters. The quantitative estimate of drug-likeness (QED) is 0.839. The third-order valence-electron chi connectivity index (χ3n) is 4.81. The zero-order chi connectivity index (χ0) is 15.4. The summed E-state index contributed by atoms with van der Waals surface area (Å²) in [5.41, 5.74) is 6.39. The smallest absolute Gasteiger partial charge is 0.122 e. The number of nitrogens with zero attached hydrogens (tertiary/aromatic N) is 2.